The third kappa shape index (κ3) is 4.28. The quantitative estimate of drug-likeness (QED) is 0.821. The van der Waals surface area contributed by atoms with Gasteiger partial charge in [-0.3, -0.25) is 4.79 Å². The fraction of sp³-hybridized carbons (Fsp3) is 0.417. The number of alkyl halides is 1. The molecule has 0 bridgehead atoms. The van der Waals surface area contributed by atoms with Gasteiger partial charge in [-0.2, -0.15) is 0 Å². The Hall–Kier alpha value is -0.610. The first kappa shape index (κ1) is 14.5. The van der Waals surface area contributed by atoms with E-state index in [1.54, 1.807) is 0 Å². The maximum Gasteiger partial charge on any atom is 0.254 e. The molecule has 94 valence electrons. The average Bonchev–Trinajstić information content (AvgIpc) is 2.28. The molecule has 2 nitrogen and oxygen atoms in total. The summed E-state index contributed by atoms with van der Waals surface area (Å²) in [6, 6.07) is 4.10. The Morgan fingerprint density at radius 2 is 2.29 bits per heavy atom. The van der Waals surface area contributed by atoms with E-state index >= 15 is 0 Å². The topological polar surface area (TPSA) is 29.1 Å². The van der Waals surface area contributed by atoms with Crippen molar-refractivity contribution in [1.82, 2.24) is 5.32 Å². The highest BCUT2D eigenvalue weighted by Gasteiger charge is 2.15. The van der Waals surface area contributed by atoms with Crippen LogP contribution >= 0.6 is 27.5 Å². The molecule has 0 aliphatic rings. The Labute approximate surface area is 114 Å². The van der Waals surface area contributed by atoms with Gasteiger partial charge in [0.2, 0.25) is 0 Å². The second-order valence-corrected chi connectivity index (χ2v) is 4.91. The highest BCUT2D eigenvalue weighted by Crippen LogP contribution is 2.15. The zero-order chi connectivity index (χ0) is 12.8. The normalized spacial score (nSPS) is 12.2. The van der Waals surface area contributed by atoms with Crippen LogP contribution in [0.3, 0.4) is 0 Å². The van der Waals surface area contributed by atoms with E-state index in [2.05, 4.69) is 21.2 Å². The first-order valence-corrected chi connectivity index (χ1v) is 6.90. The number of carbonyl (C=O) groups is 1. The number of nitrogens with one attached hydrogen (secondary N) is 1. The molecule has 0 heterocycles. The van der Waals surface area contributed by atoms with Crippen LogP contribution in [-0.4, -0.2) is 17.3 Å². The monoisotopic (exact) mass is 321 g/mol. The van der Waals surface area contributed by atoms with Crippen LogP contribution in [0.4, 0.5) is 4.39 Å². The van der Waals surface area contributed by atoms with Gasteiger partial charge in [0.05, 0.1) is 5.56 Å². The summed E-state index contributed by atoms with van der Waals surface area (Å²) in [4.78, 5) is 11.8. The predicted octanol–water partition coefficient (Wildman–Crippen LogP) is 3.77. The van der Waals surface area contributed by atoms with Crippen molar-refractivity contribution in [1.29, 1.82) is 0 Å². The van der Waals surface area contributed by atoms with Crippen LogP contribution in [0.1, 0.15) is 30.1 Å². The van der Waals surface area contributed by atoms with Crippen LogP contribution < -0.4 is 5.32 Å². The summed E-state index contributed by atoms with van der Waals surface area (Å²) >= 11 is 8.94. The Morgan fingerprint density at radius 3 is 2.82 bits per heavy atom. The molecule has 1 atom stereocenters. The molecule has 1 N–H and O–H groups in total. The Bertz CT molecular complexity index is 400. The van der Waals surface area contributed by atoms with Gasteiger partial charge in [0, 0.05) is 16.4 Å². The summed E-state index contributed by atoms with van der Waals surface area (Å²) < 4.78 is 13.5. The number of carbonyl (C=O) groups excluding carboxylic acids is 1. The summed E-state index contributed by atoms with van der Waals surface area (Å²) in [5, 5.41) is 3.88. The largest absolute Gasteiger partial charge is 0.349 e. The average molecular weight is 323 g/mol. The molecule has 0 spiro atoms. The standard InChI is InChI=1S/C12H14BrClFNO/c1-2-9(5-6-13)16-12(17)10-4-3-8(14)7-11(10)15/h3-4,7,9H,2,5-6H2,1H3,(H,16,17). The van der Waals surface area contributed by atoms with Gasteiger partial charge < -0.3 is 5.32 Å². The zero-order valence-electron chi connectivity index (χ0n) is 9.47. The van der Waals surface area contributed by atoms with Crippen LogP contribution in [-0.2, 0) is 0 Å². The van der Waals surface area contributed by atoms with E-state index in [9.17, 15) is 9.18 Å². The Kier molecular flexibility index (Phi) is 5.92. The number of rotatable bonds is 5. The van der Waals surface area contributed by atoms with Crippen molar-refractivity contribution in [3.8, 4) is 0 Å². The molecule has 0 saturated heterocycles. The van der Waals surface area contributed by atoms with Crippen LogP contribution in [0.2, 0.25) is 5.02 Å². The van der Waals surface area contributed by atoms with Crippen molar-refractivity contribution < 1.29 is 9.18 Å². The molecule has 1 aromatic rings. The van der Waals surface area contributed by atoms with E-state index in [0.717, 1.165) is 24.2 Å². The van der Waals surface area contributed by atoms with Crippen molar-refractivity contribution in [3.05, 3.63) is 34.6 Å². The van der Waals surface area contributed by atoms with E-state index in [1.165, 1.54) is 12.1 Å². The van der Waals surface area contributed by atoms with Gasteiger partial charge in [-0.25, -0.2) is 4.39 Å². The maximum atomic E-state index is 13.5. The molecule has 1 amide bonds. The molecule has 1 unspecified atom stereocenters. The van der Waals surface area contributed by atoms with Crippen molar-refractivity contribution in [3.63, 3.8) is 0 Å². The number of hydrogen-bond acceptors (Lipinski definition) is 1. The third-order valence-corrected chi connectivity index (χ3v) is 3.15. The summed E-state index contributed by atoms with van der Waals surface area (Å²) in [7, 11) is 0. The Morgan fingerprint density at radius 1 is 1.59 bits per heavy atom. The first-order valence-electron chi connectivity index (χ1n) is 5.40. The molecular formula is C12H14BrClFNO. The molecule has 0 aliphatic heterocycles. The van der Waals surface area contributed by atoms with Crippen molar-refractivity contribution in [2.45, 2.75) is 25.8 Å². The fourth-order valence-electron chi connectivity index (χ4n) is 1.45. The minimum atomic E-state index is -0.594. The zero-order valence-corrected chi connectivity index (χ0v) is 11.8. The van der Waals surface area contributed by atoms with Gasteiger partial charge in [0.25, 0.3) is 5.91 Å². The number of halogens is 3. The number of benzene rings is 1. The van der Waals surface area contributed by atoms with E-state index in [4.69, 9.17) is 11.6 Å². The van der Waals surface area contributed by atoms with Crippen LogP contribution in [0, 0.1) is 5.82 Å². The molecule has 0 saturated carbocycles. The molecule has 1 rings (SSSR count). The summed E-state index contributed by atoms with van der Waals surface area (Å²) in [5.74, 6) is -0.990. The molecular weight excluding hydrogens is 308 g/mol. The Balaban J connectivity index is 2.75. The lowest BCUT2D eigenvalue weighted by atomic mass is 10.1. The molecule has 17 heavy (non-hydrogen) atoms. The van der Waals surface area contributed by atoms with Gasteiger partial charge in [0.15, 0.2) is 0 Å². The van der Waals surface area contributed by atoms with Gasteiger partial charge in [-0.15, -0.1) is 0 Å². The number of amides is 1. The summed E-state index contributed by atoms with van der Waals surface area (Å²) in [5.41, 5.74) is 0.0300. The lowest BCUT2D eigenvalue weighted by Crippen LogP contribution is -2.35. The molecule has 0 radical (unpaired) electrons. The SMILES string of the molecule is CCC(CCBr)NC(=O)c1ccc(Cl)cc1F. The minimum absolute atomic E-state index is 0.0300. The molecule has 0 aliphatic carbocycles. The van der Waals surface area contributed by atoms with Crippen molar-refractivity contribution in [2.24, 2.45) is 0 Å². The van der Waals surface area contributed by atoms with E-state index in [0.29, 0.717) is 0 Å². The highest BCUT2D eigenvalue weighted by atomic mass is 79.9. The fourth-order valence-corrected chi connectivity index (χ4v) is 2.16. The predicted molar refractivity (Wildman–Crippen MR) is 71.4 cm³/mol. The molecule has 1 aromatic carbocycles. The second-order valence-electron chi connectivity index (χ2n) is 3.68. The molecule has 5 heteroatoms. The van der Waals surface area contributed by atoms with Crippen LogP contribution in [0.25, 0.3) is 0 Å². The van der Waals surface area contributed by atoms with Gasteiger partial charge in [-0.05, 0) is 31.0 Å². The summed E-state index contributed by atoms with van der Waals surface area (Å²) in [6.45, 7) is 1.98. The molecule has 0 fully saturated rings. The van der Waals surface area contributed by atoms with Crippen LogP contribution in [0.5, 0.6) is 0 Å². The molecule has 0 aromatic heterocycles. The minimum Gasteiger partial charge on any atom is -0.349 e. The highest BCUT2D eigenvalue weighted by molar-refractivity contribution is 9.09. The van der Waals surface area contributed by atoms with Gasteiger partial charge >= 0.3 is 0 Å². The van der Waals surface area contributed by atoms with E-state index < -0.39 is 11.7 Å². The third-order valence-electron chi connectivity index (χ3n) is 2.46. The van der Waals surface area contributed by atoms with E-state index in [-0.39, 0.29) is 16.6 Å². The summed E-state index contributed by atoms with van der Waals surface area (Å²) in [6.07, 6.45) is 1.63. The van der Waals surface area contributed by atoms with E-state index in [1.807, 2.05) is 6.92 Å². The smallest absolute Gasteiger partial charge is 0.254 e. The van der Waals surface area contributed by atoms with Gasteiger partial charge in [0.1, 0.15) is 5.82 Å². The number of hydrogen-bond donors (Lipinski definition) is 1. The van der Waals surface area contributed by atoms with Crippen molar-refractivity contribution >= 4 is 33.4 Å². The lowest BCUT2D eigenvalue weighted by Gasteiger charge is -2.15. The van der Waals surface area contributed by atoms with Crippen molar-refractivity contribution in [2.75, 3.05) is 5.33 Å². The van der Waals surface area contributed by atoms with Crippen LogP contribution in [0.15, 0.2) is 18.2 Å². The maximum absolute atomic E-state index is 13.5. The van der Waals surface area contributed by atoms with Gasteiger partial charge in [-0.1, -0.05) is 34.5 Å². The lowest BCUT2D eigenvalue weighted by molar-refractivity contribution is 0.0931. The second kappa shape index (κ2) is 6.97. The first-order chi connectivity index (χ1) is 8.08.